The topological polar surface area (TPSA) is 121 Å². The molecule has 0 spiro atoms. The molecule has 10 heteroatoms. The number of carbonyl (C=O) groups excluding carboxylic acids is 2. The number of esters is 1. The highest BCUT2D eigenvalue weighted by Gasteiger charge is 2.11. The van der Waals surface area contributed by atoms with E-state index in [4.69, 9.17) is 9.47 Å². The van der Waals surface area contributed by atoms with Gasteiger partial charge in [-0.3, -0.25) is 9.69 Å². The van der Waals surface area contributed by atoms with Crippen molar-refractivity contribution in [3.05, 3.63) is 67.1 Å². The van der Waals surface area contributed by atoms with E-state index in [1.807, 2.05) is 30.5 Å². The molecule has 4 aromatic rings. The molecule has 10 nitrogen and oxygen atoms in total. The van der Waals surface area contributed by atoms with Gasteiger partial charge in [-0.1, -0.05) is 6.07 Å². The smallest absolute Gasteiger partial charge is 0.330 e. The van der Waals surface area contributed by atoms with Crippen molar-refractivity contribution in [1.82, 2.24) is 19.9 Å². The lowest BCUT2D eigenvalue weighted by Crippen LogP contribution is -2.37. The van der Waals surface area contributed by atoms with Gasteiger partial charge in [0.1, 0.15) is 12.1 Å². The van der Waals surface area contributed by atoms with Crippen LogP contribution >= 0.6 is 0 Å². The summed E-state index contributed by atoms with van der Waals surface area (Å²) < 4.78 is 10.5. The molecule has 0 aliphatic carbocycles. The van der Waals surface area contributed by atoms with Crippen LogP contribution in [0.5, 0.6) is 0 Å². The first kappa shape index (κ1) is 24.4. The van der Waals surface area contributed by atoms with Crippen molar-refractivity contribution in [2.24, 2.45) is 0 Å². The van der Waals surface area contributed by atoms with Gasteiger partial charge in [0.2, 0.25) is 5.91 Å². The molecule has 3 heterocycles. The standard InChI is InChI=1S/C27H28N6O4/c34-25(7-8-26(35)37-14-2-11-33-12-15-36-16-13-33)31-19-5-6-23-21(17-19)27(30-18-29-23)32-24-4-1-3-22-20(24)9-10-28-22/h1,3-10,17-18,28H,2,11-16H2,(H,31,34)(H,29,30,32)/b8-7+. The van der Waals surface area contributed by atoms with Crippen molar-refractivity contribution in [3.63, 3.8) is 0 Å². The molecular formula is C27H28N6O4. The van der Waals surface area contributed by atoms with Crippen LogP contribution in [0.4, 0.5) is 17.2 Å². The minimum Gasteiger partial charge on any atom is -0.462 e. The molecule has 1 saturated heterocycles. The number of anilines is 3. The number of aromatic nitrogens is 3. The molecule has 0 saturated carbocycles. The summed E-state index contributed by atoms with van der Waals surface area (Å²) in [6, 6.07) is 13.3. The minimum absolute atomic E-state index is 0.305. The maximum atomic E-state index is 12.4. The predicted octanol–water partition coefficient (Wildman–Crippen LogP) is 3.61. The Bertz CT molecular complexity index is 1430. The summed E-state index contributed by atoms with van der Waals surface area (Å²) in [7, 11) is 0. The highest BCUT2D eigenvalue weighted by Crippen LogP contribution is 2.29. The first-order valence-corrected chi connectivity index (χ1v) is 12.2. The number of H-pyrrole nitrogens is 1. The number of rotatable bonds is 9. The largest absolute Gasteiger partial charge is 0.462 e. The van der Waals surface area contributed by atoms with Crippen molar-refractivity contribution >= 4 is 50.9 Å². The highest BCUT2D eigenvalue weighted by atomic mass is 16.5. The lowest BCUT2D eigenvalue weighted by molar-refractivity contribution is -0.138. The van der Waals surface area contributed by atoms with Crippen LogP contribution < -0.4 is 10.6 Å². The van der Waals surface area contributed by atoms with Gasteiger partial charge in [-0.05, 0) is 42.8 Å². The van der Waals surface area contributed by atoms with Gasteiger partial charge in [-0.15, -0.1) is 0 Å². The summed E-state index contributed by atoms with van der Waals surface area (Å²) in [5.41, 5.74) is 3.20. The fourth-order valence-corrected chi connectivity index (χ4v) is 4.22. The van der Waals surface area contributed by atoms with Gasteiger partial charge in [0, 0.05) is 65.6 Å². The maximum Gasteiger partial charge on any atom is 0.330 e. The van der Waals surface area contributed by atoms with Gasteiger partial charge in [0.25, 0.3) is 0 Å². The third-order valence-corrected chi connectivity index (χ3v) is 6.09. The number of nitrogens with one attached hydrogen (secondary N) is 3. The number of fused-ring (bicyclic) bond motifs is 2. The van der Waals surface area contributed by atoms with E-state index in [-0.39, 0.29) is 0 Å². The zero-order chi connectivity index (χ0) is 25.5. The number of carbonyl (C=O) groups is 2. The van der Waals surface area contributed by atoms with Crippen LogP contribution in [0.3, 0.4) is 0 Å². The SMILES string of the molecule is O=C(/C=C/C(=O)OCCCN1CCOCC1)Nc1ccc2ncnc(Nc3cccc4[nH]ccc34)c2c1. The normalized spacial score (nSPS) is 14.3. The summed E-state index contributed by atoms with van der Waals surface area (Å²) in [5.74, 6) is -0.367. The second-order valence-electron chi connectivity index (χ2n) is 8.62. The second-order valence-corrected chi connectivity index (χ2v) is 8.62. The van der Waals surface area contributed by atoms with Crippen LogP contribution in [-0.4, -0.2) is 71.2 Å². The Labute approximate surface area is 213 Å². The van der Waals surface area contributed by atoms with E-state index in [1.54, 1.807) is 18.2 Å². The fourth-order valence-electron chi connectivity index (χ4n) is 4.22. The van der Waals surface area contributed by atoms with Gasteiger partial charge in [-0.25, -0.2) is 14.8 Å². The first-order chi connectivity index (χ1) is 18.2. The molecule has 2 aromatic heterocycles. The molecule has 0 bridgehead atoms. The first-order valence-electron chi connectivity index (χ1n) is 12.2. The van der Waals surface area contributed by atoms with Crippen LogP contribution in [0.1, 0.15) is 6.42 Å². The number of morpholine rings is 1. The quantitative estimate of drug-likeness (QED) is 0.181. The van der Waals surface area contributed by atoms with E-state index in [2.05, 4.69) is 30.5 Å². The molecule has 1 aliphatic rings. The van der Waals surface area contributed by atoms with Crippen LogP contribution in [0.25, 0.3) is 21.8 Å². The number of nitrogens with zero attached hydrogens (tertiary/aromatic N) is 3. The van der Waals surface area contributed by atoms with E-state index >= 15 is 0 Å². The maximum absolute atomic E-state index is 12.4. The molecular weight excluding hydrogens is 472 g/mol. The molecule has 37 heavy (non-hydrogen) atoms. The van der Waals surface area contributed by atoms with Gasteiger partial charge in [0.15, 0.2) is 0 Å². The Morgan fingerprint density at radius 1 is 1.08 bits per heavy atom. The lowest BCUT2D eigenvalue weighted by Gasteiger charge is -2.26. The summed E-state index contributed by atoms with van der Waals surface area (Å²) in [5, 5.41) is 7.94. The number of ether oxygens (including phenoxy) is 2. The molecule has 5 rings (SSSR count). The monoisotopic (exact) mass is 500 g/mol. The molecule has 3 N–H and O–H groups in total. The van der Waals surface area contributed by atoms with Crippen molar-refractivity contribution in [1.29, 1.82) is 0 Å². The molecule has 0 atom stereocenters. The van der Waals surface area contributed by atoms with Crippen molar-refractivity contribution in [2.45, 2.75) is 6.42 Å². The van der Waals surface area contributed by atoms with E-state index < -0.39 is 11.9 Å². The van der Waals surface area contributed by atoms with Crippen LogP contribution in [0.15, 0.2) is 67.1 Å². The van der Waals surface area contributed by atoms with Gasteiger partial charge in [-0.2, -0.15) is 0 Å². The number of amides is 1. The van der Waals surface area contributed by atoms with Crippen LogP contribution in [0, 0.1) is 0 Å². The van der Waals surface area contributed by atoms with E-state index in [0.29, 0.717) is 18.1 Å². The lowest BCUT2D eigenvalue weighted by atomic mass is 10.2. The number of hydrogen-bond donors (Lipinski definition) is 3. The number of aromatic amines is 1. The summed E-state index contributed by atoms with van der Waals surface area (Å²) in [4.78, 5) is 38.6. The van der Waals surface area contributed by atoms with Gasteiger partial charge in [0.05, 0.1) is 25.3 Å². The average Bonchev–Trinajstić information content (AvgIpc) is 3.41. The summed E-state index contributed by atoms with van der Waals surface area (Å²) in [6.45, 7) is 4.43. The van der Waals surface area contributed by atoms with Gasteiger partial charge >= 0.3 is 5.97 Å². The Morgan fingerprint density at radius 3 is 2.86 bits per heavy atom. The Hall–Kier alpha value is -4.28. The Morgan fingerprint density at radius 2 is 1.97 bits per heavy atom. The average molecular weight is 501 g/mol. The molecule has 2 aromatic carbocycles. The third-order valence-electron chi connectivity index (χ3n) is 6.09. The van der Waals surface area contributed by atoms with E-state index in [9.17, 15) is 9.59 Å². The zero-order valence-electron chi connectivity index (χ0n) is 20.3. The Balaban J connectivity index is 1.18. The molecule has 190 valence electrons. The summed E-state index contributed by atoms with van der Waals surface area (Å²) >= 11 is 0. The fraction of sp³-hybridized carbons (Fsp3) is 0.259. The number of hydrogen-bond acceptors (Lipinski definition) is 8. The van der Waals surface area contributed by atoms with Crippen molar-refractivity contribution in [3.8, 4) is 0 Å². The second kappa shape index (κ2) is 11.6. The molecule has 0 radical (unpaired) electrons. The summed E-state index contributed by atoms with van der Waals surface area (Å²) in [6.07, 6.45) is 6.42. The van der Waals surface area contributed by atoms with E-state index in [0.717, 1.165) is 72.8 Å². The van der Waals surface area contributed by atoms with E-state index in [1.165, 1.54) is 12.4 Å². The molecule has 1 fully saturated rings. The molecule has 0 unspecified atom stereocenters. The molecule has 1 aliphatic heterocycles. The van der Waals surface area contributed by atoms with Crippen LogP contribution in [0.2, 0.25) is 0 Å². The number of benzene rings is 2. The Kier molecular flexibility index (Phi) is 7.68. The highest BCUT2D eigenvalue weighted by molar-refractivity contribution is 6.04. The van der Waals surface area contributed by atoms with Crippen LogP contribution in [-0.2, 0) is 19.1 Å². The third kappa shape index (κ3) is 6.29. The molecule has 1 amide bonds. The van der Waals surface area contributed by atoms with Crippen molar-refractivity contribution < 1.29 is 19.1 Å². The van der Waals surface area contributed by atoms with Gasteiger partial charge < -0.3 is 25.1 Å². The van der Waals surface area contributed by atoms with Crippen molar-refractivity contribution in [2.75, 3.05) is 50.1 Å². The zero-order valence-corrected chi connectivity index (χ0v) is 20.3. The predicted molar refractivity (Wildman–Crippen MR) is 142 cm³/mol. The minimum atomic E-state index is -0.547.